The monoisotopic (exact) mass is 312 g/mol. The maximum atomic E-state index is 12.3. The van der Waals surface area contributed by atoms with Gasteiger partial charge in [0.15, 0.2) is 0 Å². The smallest absolute Gasteiger partial charge is 0.279 e. The highest BCUT2D eigenvalue weighted by Crippen LogP contribution is 2.11. The quantitative estimate of drug-likeness (QED) is 0.775. The molecule has 2 rings (SSSR count). The van der Waals surface area contributed by atoms with Crippen LogP contribution in [0.2, 0.25) is 0 Å². The summed E-state index contributed by atoms with van der Waals surface area (Å²) in [6.07, 6.45) is 0. The third-order valence-corrected chi connectivity index (χ3v) is 5.02. The van der Waals surface area contributed by atoms with E-state index < -0.39 is 10.2 Å². The van der Waals surface area contributed by atoms with E-state index in [1.807, 2.05) is 38.4 Å². The summed E-state index contributed by atoms with van der Waals surface area (Å²) in [6.45, 7) is 3.58. The van der Waals surface area contributed by atoms with Crippen LogP contribution in [0.4, 0.5) is 0 Å². The molecule has 1 aromatic rings. The fourth-order valence-corrected chi connectivity index (χ4v) is 3.55. The number of nitrogens with one attached hydrogen (secondary N) is 2. The zero-order valence-electron chi connectivity index (χ0n) is 12.7. The Morgan fingerprint density at radius 2 is 1.81 bits per heavy atom. The first-order chi connectivity index (χ1) is 9.99. The van der Waals surface area contributed by atoms with Crippen LogP contribution in [-0.2, 0) is 23.3 Å². The topological polar surface area (TPSA) is 64.7 Å². The predicted molar refractivity (Wildman–Crippen MR) is 84.0 cm³/mol. The summed E-state index contributed by atoms with van der Waals surface area (Å²) in [4.78, 5) is 2.07. The lowest BCUT2D eigenvalue weighted by atomic mass is 10.1. The third-order valence-electron chi connectivity index (χ3n) is 3.47. The van der Waals surface area contributed by atoms with Crippen molar-refractivity contribution in [3.63, 3.8) is 0 Å². The van der Waals surface area contributed by atoms with Crippen LogP contribution in [0.3, 0.4) is 0 Å². The molecule has 1 aromatic carbocycles. The van der Waals surface area contributed by atoms with Crippen molar-refractivity contribution in [2.24, 2.45) is 0 Å². The van der Waals surface area contributed by atoms with Crippen LogP contribution >= 0.6 is 0 Å². The molecule has 1 heterocycles. The van der Waals surface area contributed by atoms with Gasteiger partial charge in [0, 0.05) is 39.3 Å². The van der Waals surface area contributed by atoms with E-state index in [0.717, 1.165) is 17.7 Å². The first-order valence-corrected chi connectivity index (χ1v) is 8.60. The molecule has 0 unspecified atom stereocenters. The van der Waals surface area contributed by atoms with Gasteiger partial charge in [-0.2, -0.15) is 17.4 Å². The van der Waals surface area contributed by atoms with Crippen LogP contribution in [0, 0.1) is 0 Å². The minimum Gasteiger partial charge on any atom is -0.314 e. The lowest BCUT2D eigenvalue weighted by Gasteiger charge is -2.26. The van der Waals surface area contributed by atoms with Crippen molar-refractivity contribution < 1.29 is 8.42 Å². The zero-order valence-corrected chi connectivity index (χ0v) is 13.5. The largest absolute Gasteiger partial charge is 0.314 e. The molecule has 2 N–H and O–H groups in total. The van der Waals surface area contributed by atoms with Gasteiger partial charge in [0.25, 0.3) is 10.2 Å². The normalized spacial score (nSPS) is 17.3. The molecule has 0 radical (unpaired) electrons. The number of piperazine rings is 1. The van der Waals surface area contributed by atoms with Gasteiger partial charge < -0.3 is 10.2 Å². The molecular weight excluding hydrogens is 288 g/mol. The van der Waals surface area contributed by atoms with Crippen LogP contribution in [0.25, 0.3) is 0 Å². The molecule has 0 amide bonds. The lowest BCUT2D eigenvalue weighted by molar-refractivity contribution is 0.354. The van der Waals surface area contributed by atoms with Crippen molar-refractivity contribution in [2.45, 2.75) is 13.1 Å². The van der Waals surface area contributed by atoms with Gasteiger partial charge in [0.2, 0.25) is 0 Å². The van der Waals surface area contributed by atoms with Crippen molar-refractivity contribution >= 4 is 10.2 Å². The summed E-state index contributed by atoms with van der Waals surface area (Å²) in [5, 5.41) is 3.15. The SMILES string of the molecule is CN(C)Cc1ccccc1CNS(=O)(=O)N1CCNCC1. The van der Waals surface area contributed by atoms with Crippen molar-refractivity contribution in [3.05, 3.63) is 35.4 Å². The van der Waals surface area contributed by atoms with Crippen molar-refractivity contribution in [1.29, 1.82) is 0 Å². The van der Waals surface area contributed by atoms with E-state index in [1.165, 1.54) is 4.31 Å². The van der Waals surface area contributed by atoms with Gasteiger partial charge in [0.05, 0.1) is 0 Å². The van der Waals surface area contributed by atoms with Gasteiger partial charge in [0.1, 0.15) is 0 Å². The highest BCUT2D eigenvalue weighted by Gasteiger charge is 2.23. The number of nitrogens with zero attached hydrogens (tertiary/aromatic N) is 2. The Balaban J connectivity index is 2.02. The van der Waals surface area contributed by atoms with Crippen molar-refractivity contribution in [2.75, 3.05) is 40.3 Å². The molecular formula is C14H24N4O2S. The van der Waals surface area contributed by atoms with E-state index in [-0.39, 0.29) is 0 Å². The minimum absolute atomic E-state index is 0.330. The Labute approximate surface area is 127 Å². The van der Waals surface area contributed by atoms with Crippen LogP contribution in [0.15, 0.2) is 24.3 Å². The fraction of sp³-hybridized carbons (Fsp3) is 0.571. The number of hydrogen-bond donors (Lipinski definition) is 2. The van der Waals surface area contributed by atoms with Gasteiger partial charge in [-0.15, -0.1) is 0 Å². The average Bonchev–Trinajstić information content (AvgIpc) is 2.47. The van der Waals surface area contributed by atoms with E-state index in [1.54, 1.807) is 0 Å². The summed E-state index contributed by atoms with van der Waals surface area (Å²) in [5.41, 5.74) is 2.16. The lowest BCUT2D eigenvalue weighted by Crippen LogP contribution is -2.50. The van der Waals surface area contributed by atoms with Crippen molar-refractivity contribution in [1.82, 2.24) is 19.2 Å². The first-order valence-electron chi connectivity index (χ1n) is 7.16. The molecule has 1 fully saturated rings. The molecule has 1 aliphatic heterocycles. The number of benzene rings is 1. The highest BCUT2D eigenvalue weighted by molar-refractivity contribution is 7.87. The Hall–Kier alpha value is -0.990. The highest BCUT2D eigenvalue weighted by atomic mass is 32.2. The second-order valence-corrected chi connectivity index (χ2v) is 7.24. The first kappa shape index (κ1) is 16.4. The molecule has 7 heteroatoms. The van der Waals surface area contributed by atoms with Gasteiger partial charge in [-0.25, -0.2) is 0 Å². The molecule has 1 aliphatic rings. The maximum absolute atomic E-state index is 12.3. The Kier molecular flexibility index (Phi) is 5.72. The Morgan fingerprint density at radius 1 is 1.19 bits per heavy atom. The Bertz CT molecular complexity index is 554. The molecule has 0 aliphatic carbocycles. The van der Waals surface area contributed by atoms with Gasteiger partial charge >= 0.3 is 0 Å². The van der Waals surface area contributed by atoms with Crippen LogP contribution in [0.1, 0.15) is 11.1 Å². The fourth-order valence-electron chi connectivity index (χ4n) is 2.37. The zero-order chi connectivity index (χ0) is 15.3. The summed E-state index contributed by atoms with van der Waals surface area (Å²) in [6, 6.07) is 7.92. The van der Waals surface area contributed by atoms with E-state index in [0.29, 0.717) is 32.7 Å². The molecule has 0 bridgehead atoms. The molecule has 0 atom stereocenters. The standard InChI is InChI=1S/C14H24N4O2S/c1-17(2)12-14-6-4-3-5-13(14)11-16-21(19,20)18-9-7-15-8-10-18/h3-6,15-16H,7-12H2,1-2H3. The van der Waals surface area contributed by atoms with E-state index >= 15 is 0 Å². The van der Waals surface area contributed by atoms with E-state index in [4.69, 9.17) is 0 Å². The predicted octanol–water partition coefficient (Wildman–Crippen LogP) is -0.0122. The Morgan fingerprint density at radius 3 is 2.43 bits per heavy atom. The van der Waals surface area contributed by atoms with E-state index in [2.05, 4.69) is 14.9 Å². The molecule has 21 heavy (non-hydrogen) atoms. The van der Waals surface area contributed by atoms with Gasteiger partial charge in [-0.3, -0.25) is 0 Å². The summed E-state index contributed by atoms with van der Waals surface area (Å²) in [5.74, 6) is 0. The van der Waals surface area contributed by atoms with Gasteiger partial charge in [-0.1, -0.05) is 24.3 Å². The molecule has 1 saturated heterocycles. The van der Waals surface area contributed by atoms with Crippen LogP contribution < -0.4 is 10.0 Å². The minimum atomic E-state index is -3.40. The molecule has 118 valence electrons. The summed E-state index contributed by atoms with van der Waals surface area (Å²) >= 11 is 0. The molecule has 0 spiro atoms. The van der Waals surface area contributed by atoms with E-state index in [9.17, 15) is 8.42 Å². The molecule has 0 saturated carbocycles. The maximum Gasteiger partial charge on any atom is 0.279 e. The third kappa shape index (κ3) is 4.76. The summed E-state index contributed by atoms with van der Waals surface area (Å²) < 4.78 is 28.7. The number of rotatable bonds is 6. The summed E-state index contributed by atoms with van der Waals surface area (Å²) in [7, 11) is 0.606. The second-order valence-electron chi connectivity index (χ2n) is 5.48. The average molecular weight is 312 g/mol. The molecule has 0 aromatic heterocycles. The van der Waals surface area contributed by atoms with Crippen LogP contribution in [-0.4, -0.2) is 57.9 Å². The molecule has 6 nitrogen and oxygen atoms in total. The number of hydrogen-bond acceptors (Lipinski definition) is 4. The second kappa shape index (κ2) is 7.33. The van der Waals surface area contributed by atoms with Crippen LogP contribution in [0.5, 0.6) is 0 Å². The van der Waals surface area contributed by atoms with Gasteiger partial charge in [-0.05, 0) is 25.2 Å². The van der Waals surface area contributed by atoms with Crippen molar-refractivity contribution in [3.8, 4) is 0 Å².